The van der Waals surface area contributed by atoms with E-state index in [-0.39, 0.29) is 17.5 Å². The van der Waals surface area contributed by atoms with Crippen LogP contribution in [0, 0.1) is 11.3 Å². The summed E-state index contributed by atoms with van der Waals surface area (Å²) < 4.78 is 21.3. The summed E-state index contributed by atoms with van der Waals surface area (Å²) in [6.45, 7) is 0. The molecule has 8 heteroatoms. The molecule has 0 spiro atoms. The number of hydrogen-bond acceptors (Lipinski definition) is 8. The lowest BCUT2D eigenvalue weighted by Gasteiger charge is -2.12. The summed E-state index contributed by atoms with van der Waals surface area (Å²) in [5.41, 5.74) is 0.984. The van der Waals surface area contributed by atoms with Crippen molar-refractivity contribution in [3.63, 3.8) is 0 Å². The van der Waals surface area contributed by atoms with E-state index in [1.807, 2.05) is 0 Å². The second kappa shape index (κ2) is 9.71. The van der Waals surface area contributed by atoms with Crippen molar-refractivity contribution in [1.29, 1.82) is 5.26 Å². The molecular weight excluding hydrogens is 386 g/mol. The molecular formula is C22H17N3O5. The van der Waals surface area contributed by atoms with Gasteiger partial charge in [0.15, 0.2) is 0 Å². The molecule has 30 heavy (non-hydrogen) atoms. The minimum atomic E-state index is -0.584. The van der Waals surface area contributed by atoms with Crippen LogP contribution in [-0.2, 0) is 14.3 Å². The molecule has 150 valence electrons. The maximum atomic E-state index is 12.1. The maximum Gasteiger partial charge on any atom is 0.341 e. The molecule has 0 aliphatic heterocycles. The highest BCUT2D eigenvalue weighted by molar-refractivity contribution is 6.17. The predicted octanol–water partition coefficient (Wildman–Crippen LogP) is 4.09. The molecule has 3 aromatic rings. The van der Waals surface area contributed by atoms with E-state index in [0.717, 1.165) is 0 Å². The van der Waals surface area contributed by atoms with Gasteiger partial charge in [-0.3, -0.25) is 0 Å². The van der Waals surface area contributed by atoms with Gasteiger partial charge in [0, 0.05) is 17.8 Å². The third kappa shape index (κ3) is 4.72. The zero-order valence-electron chi connectivity index (χ0n) is 16.2. The smallest absolute Gasteiger partial charge is 0.341 e. The van der Waals surface area contributed by atoms with Gasteiger partial charge in [-0.2, -0.15) is 10.2 Å². The van der Waals surface area contributed by atoms with Crippen molar-refractivity contribution in [2.75, 3.05) is 14.2 Å². The monoisotopic (exact) mass is 403 g/mol. The highest BCUT2D eigenvalue weighted by atomic mass is 16.5. The van der Waals surface area contributed by atoms with Gasteiger partial charge < -0.3 is 18.9 Å². The lowest BCUT2D eigenvalue weighted by molar-refractivity contribution is -0.133. The minimum Gasteiger partial charge on any atom is -0.503 e. The van der Waals surface area contributed by atoms with Gasteiger partial charge in [-0.1, -0.05) is 30.3 Å². The van der Waals surface area contributed by atoms with Crippen molar-refractivity contribution in [3.8, 4) is 29.5 Å². The number of esters is 1. The van der Waals surface area contributed by atoms with Gasteiger partial charge >= 0.3 is 12.0 Å². The molecule has 0 bridgehead atoms. The Morgan fingerprint density at radius 1 is 1.00 bits per heavy atom. The minimum absolute atomic E-state index is 0.00368. The first-order chi connectivity index (χ1) is 14.7. The van der Waals surface area contributed by atoms with Crippen molar-refractivity contribution < 1.29 is 23.7 Å². The Kier molecular flexibility index (Phi) is 6.59. The van der Waals surface area contributed by atoms with E-state index in [1.165, 1.54) is 32.7 Å². The molecule has 0 saturated carbocycles. The number of carbonyl (C=O) groups excluding carboxylic acids is 1. The summed E-state index contributed by atoms with van der Waals surface area (Å²) in [6, 6.07) is 17.2. The van der Waals surface area contributed by atoms with Gasteiger partial charge in [-0.05, 0) is 18.2 Å². The average molecular weight is 403 g/mol. The second-order valence-electron chi connectivity index (χ2n) is 5.74. The van der Waals surface area contributed by atoms with E-state index in [2.05, 4.69) is 16.0 Å². The van der Waals surface area contributed by atoms with E-state index >= 15 is 0 Å². The fourth-order valence-corrected chi connectivity index (χ4v) is 2.52. The third-order valence-electron chi connectivity index (χ3n) is 3.85. The Morgan fingerprint density at radius 3 is 2.47 bits per heavy atom. The summed E-state index contributed by atoms with van der Waals surface area (Å²) in [5, 5.41) is 9.20. The van der Waals surface area contributed by atoms with Crippen LogP contribution in [0.5, 0.6) is 23.4 Å². The van der Waals surface area contributed by atoms with E-state index in [0.29, 0.717) is 22.6 Å². The van der Waals surface area contributed by atoms with Gasteiger partial charge in [0.2, 0.25) is 5.88 Å². The first kappa shape index (κ1) is 20.4. The van der Waals surface area contributed by atoms with Crippen LogP contribution in [0.3, 0.4) is 0 Å². The number of hydrogen-bond donors (Lipinski definition) is 0. The number of carbonyl (C=O) groups is 1. The molecule has 1 aromatic heterocycles. The quantitative estimate of drug-likeness (QED) is 0.330. The van der Waals surface area contributed by atoms with Crippen LogP contribution in [0.25, 0.3) is 5.57 Å². The molecule has 3 rings (SSSR count). The molecule has 0 unspecified atom stereocenters. The molecule has 0 aliphatic rings. The Morgan fingerprint density at radius 2 is 1.73 bits per heavy atom. The van der Waals surface area contributed by atoms with Crippen molar-refractivity contribution in [2.24, 2.45) is 0 Å². The summed E-state index contributed by atoms with van der Waals surface area (Å²) in [6.07, 6.45) is 2.73. The van der Waals surface area contributed by atoms with Gasteiger partial charge in [0.25, 0.3) is 0 Å². The van der Waals surface area contributed by atoms with Gasteiger partial charge in [-0.25, -0.2) is 9.78 Å². The molecule has 0 fully saturated rings. The van der Waals surface area contributed by atoms with Crippen LogP contribution in [0.2, 0.25) is 0 Å². The van der Waals surface area contributed by atoms with E-state index in [9.17, 15) is 10.1 Å². The number of methoxy groups -OCH3 is 2. The number of aromatic nitrogens is 2. The van der Waals surface area contributed by atoms with Crippen molar-refractivity contribution >= 4 is 11.5 Å². The second-order valence-corrected chi connectivity index (χ2v) is 5.74. The van der Waals surface area contributed by atoms with Crippen molar-refractivity contribution in [3.05, 3.63) is 78.2 Å². The first-order valence-electron chi connectivity index (χ1n) is 8.74. The van der Waals surface area contributed by atoms with Crippen LogP contribution in [0.1, 0.15) is 11.1 Å². The third-order valence-corrected chi connectivity index (χ3v) is 3.85. The van der Waals surface area contributed by atoms with Gasteiger partial charge in [0.1, 0.15) is 23.1 Å². The summed E-state index contributed by atoms with van der Waals surface area (Å²) in [5.74, 6) is 0.293. The number of nitrogens with zero attached hydrogens (tertiary/aromatic N) is 3. The van der Waals surface area contributed by atoms with Crippen LogP contribution < -0.4 is 9.47 Å². The SMILES string of the molecule is COC=C(C(=O)OC)c1ccccc1Oc1nccc(Oc2ccccc2C#N)n1. The van der Waals surface area contributed by atoms with Crippen molar-refractivity contribution in [2.45, 2.75) is 0 Å². The number of ether oxygens (including phenoxy) is 4. The van der Waals surface area contributed by atoms with Crippen LogP contribution in [-0.4, -0.2) is 30.2 Å². The standard InChI is InChI=1S/C22H17N3O5/c1-27-14-17(21(26)28-2)16-8-4-6-10-19(16)30-22-24-12-11-20(25-22)29-18-9-5-3-7-15(18)13-23/h3-12,14H,1-2H3. The molecule has 0 N–H and O–H groups in total. The number of benzene rings is 2. The molecule has 0 amide bonds. The fourth-order valence-electron chi connectivity index (χ4n) is 2.52. The fraction of sp³-hybridized carbons (Fsp3) is 0.0909. The van der Waals surface area contributed by atoms with E-state index in [4.69, 9.17) is 18.9 Å². The van der Waals surface area contributed by atoms with Gasteiger partial charge in [0.05, 0.1) is 26.0 Å². The molecule has 0 aliphatic carbocycles. The zero-order chi connectivity index (χ0) is 21.3. The van der Waals surface area contributed by atoms with Gasteiger partial charge in [-0.15, -0.1) is 0 Å². The number of para-hydroxylation sites is 2. The molecule has 1 heterocycles. The van der Waals surface area contributed by atoms with E-state index < -0.39 is 5.97 Å². The van der Waals surface area contributed by atoms with Crippen molar-refractivity contribution in [1.82, 2.24) is 9.97 Å². The molecule has 2 aromatic carbocycles. The largest absolute Gasteiger partial charge is 0.503 e. The average Bonchev–Trinajstić information content (AvgIpc) is 2.78. The molecule has 0 radical (unpaired) electrons. The zero-order valence-corrected chi connectivity index (χ0v) is 16.2. The van der Waals surface area contributed by atoms with Crippen LogP contribution in [0.4, 0.5) is 0 Å². The summed E-state index contributed by atoms with van der Waals surface area (Å²) in [7, 11) is 2.70. The Balaban J connectivity index is 1.90. The normalized spacial score (nSPS) is 10.6. The Labute approximate surface area is 172 Å². The topological polar surface area (TPSA) is 104 Å². The molecule has 0 atom stereocenters. The molecule has 0 saturated heterocycles. The van der Waals surface area contributed by atoms with Crippen LogP contribution in [0.15, 0.2) is 67.1 Å². The summed E-state index contributed by atoms with van der Waals surface area (Å²) in [4.78, 5) is 20.4. The molecule has 8 nitrogen and oxygen atoms in total. The van der Waals surface area contributed by atoms with E-state index in [1.54, 1.807) is 48.5 Å². The first-order valence-corrected chi connectivity index (χ1v) is 8.74. The summed E-state index contributed by atoms with van der Waals surface area (Å²) >= 11 is 0. The number of nitriles is 1. The Bertz CT molecular complexity index is 1120. The predicted molar refractivity (Wildman–Crippen MR) is 107 cm³/mol. The highest BCUT2D eigenvalue weighted by Crippen LogP contribution is 2.31. The lowest BCUT2D eigenvalue weighted by Crippen LogP contribution is -2.06. The lowest BCUT2D eigenvalue weighted by atomic mass is 10.1. The van der Waals surface area contributed by atoms with Crippen LogP contribution >= 0.6 is 0 Å². The highest BCUT2D eigenvalue weighted by Gasteiger charge is 2.19. The maximum absolute atomic E-state index is 12.1. The number of rotatable bonds is 7. The Hall–Kier alpha value is -4.38.